The molecule has 0 saturated carbocycles. The van der Waals surface area contributed by atoms with Gasteiger partial charge >= 0.3 is 0 Å². The maximum absolute atomic E-state index is 11.3. The van der Waals surface area contributed by atoms with E-state index < -0.39 is 0 Å². The summed E-state index contributed by atoms with van der Waals surface area (Å²) in [5.41, 5.74) is 9.31. The lowest BCUT2D eigenvalue weighted by atomic mass is 10.0. The van der Waals surface area contributed by atoms with Gasteiger partial charge < -0.3 is 11.1 Å². The van der Waals surface area contributed by atoms with Crippen LogP contribution < -0.4 is 11.1 Å². The third kappa shape index (κ3) is 3.19. The minimum absolute atomic E-state index is 0.0492. The molecule has 3 rings (SSSR count). The fraction of sp³-hybridized carbons (Fsp3) is 0.0625. The summed E-state index contributed by atoms with van der Waals surface area (Å²) in [7, 11) is 0. The molecule has 0 unspecified atom stereocenters. The summed E-state index contributed by atoms with van der Waals surface area (Å²) >= 11 is 1.38. The highest BCUT2D eigenvalue weighted by Crippen LogP contribution is 2.28. The standard InChI is InChI=1S/C16H14N4OS/c17-9-15(21)20-16-19-14(10-22-16)13-3-1-2-12(8-13)11-4-6-18-7-5-11/h1-8,10H,9,17H2,(H,19,20,21). The minimum atomic E-state index is -0.244. The third-order valence-electron chi connectivity index (χ3n) is 3.11. The lowest BCUT2D eigenvalue weighted by molar-refractivity contribution is -0.114. The van der Waals surface area contributed by atoms with E-state index in [9.17, 15) is 4.79 Å². The van der Waals surface area contributed by atoms with Crippen molar-refractivity contribution >= 4 is 22.4 Å². The fourth-order valence-electron chi connectivity index (χ4n) is 2.04. The predicted molar refractivity (Wildman–Crippen MR) is 88.5 cm³/mol. The molecule has 3 aromatic rings. The van der Waals surface area contributed by atoms with Gasteiger partial charge in [-0.25, -0.2) is 4.98 Å². The molecule has 1 aromatic carbocycles. The second-order valence-corrected chi connectivity index (χ2v) is 5.46. The molecule has 0 aliphatic carbocycles. The average Bonchev–Trinajstić information content (AvgIpc) is 3.04. The topological polar surface area (TPSA) is 80.9 Å². The first-order valence-corrected chi connectivity index (χ1v) is 7.60. The van der Waals surface area contributed by atoms with Gasteiger partial charge in [0.05, 0.1) is 12.2 Å². The van der Waals surface area contributed by atoms with Crippen molar-refractivity contribution in [3.8, 4) is 22.4 Å². The fourth-order valence-corrected chi connectivity index (χ4v) is 2.77. The van der Waals surface area contributed by atoms with E-state index in [4.69, 9.17) is 5.73 Å². The summed E-state index contributed by atoms with van der Waals surface area (Å²) in [6.45, 7) is -0.0492. The Balaban J connectivity index is 1.88. The summed E-state index contributed by atoms with van der Waals surface area (Å²) < 4.78 is 0. The summed E-state index contributed by atoms with van der Waals surface area (Å²) in [5.74, 6) is -0.244. The molecule has 0 fully saturated rings. The molecule has 6 heteroatoms. The minimum Gasteiger partial charge on any atom is -0.322 e. The maximum Gasteiger partial charge on any atom is 0.239 e. The van der Waals surface area contributed by atoms with Crippen molar-refractivity contribution in [1.82, 2.24) is 9.97 Å². The van der Waals surface area contributed by atoms with Crippen molar-refractivity contribution in [3.63, 3.8) is 0 Å². The molecule has 22 heavy (non-hydrogen) atoms. The molecule has 0 saturated heterocycles. The number of carbonyl (C=O) groups is 1. The number of nitrogens with two attached hydrogens (primary N) is 1. The van der Waals surface area contributed by atoms with Gasteiger partial charge in [-0.3, -0.25) is 9.78 Å². The zero-order valence-electron chi connectivity index (χ0n) is 11.7. The molecule has 0 aliphatic rings. The van der Waals surface area contributed by atoms with Crippen LogP contribution in [0.5, 0.6) is 0 Å². The molecule has 1 amide bonds. The Kier molecular flexibility index (Phi) is 4.22. The molecule has 0 spiro atoms. The Bertz CT molecular complexity index is 786. The van der Waals surface area contributed by atoms with E-state index in [0.717, 1.165) is 22.4 Å². The van der Waals surface area contributed by atoms with Crippen molar-refractivity contribution in [1.29, 1.82) is 0 Å². The van der Waals surface area contributed by atoms with Crippen LogP contribution in [0.3, 0.4) is 0 Å². The number of pyridine rings is 1. The average molecular weight is 310 g/mol. The second kappa shape index (κ2) is 6.46. The lowest BCUT2D eigenvalue weighted by Gasteiger charge is -2.03. The molecule has 110 valence electrons. The van der Waals surface area contributed by atoms with Crippen LogP contribution in [0.4, 0.5) is 5.13 Å². The zero-order valence-corrected chi connectivity index (χ0v) is 12.5. The van der Waals surface area contributed by atoms with Gasteiger partial charge in [-0.1, -0.05) is 18.2 Å². The highest BCUT2D eigenvalue weighted by atomic mass is 32.1. The molecule has 2 aromatic heterocycles. The van der Waals surface area contributed by atoms with E-state index in [-0.39, 0.29) is 12.5 Å². The van der Waals surface area contributed by atoms with E-state index in [0.29, 0.717) is 5.13 Å². The summed E-state index contributed by atoms with van der Waals surface area (Å²) in [5, 5.41) is 5.13. The van der Waals surface area contributed by atoms with Gasteiger partial charge in [0.15, 0.2) is 5.13 Å². The molecular weight excluding hydrogens is 296 g/mol. The number of hydrogen-bond donors (Lipinski definition) is 2. The molecule has 0 bridgehead atoms. The van der Waals surface area contributed by atoms with E-state index in [2.05, 4.69) is 21.4 Å². The first kappa shape index (κ1) is 14.4. The van der Waals surface area contributed by atoms with E-state index in [1.807, 2.05) is 35.7 Å². The normalized spacial score (nSPS) is 10.4. The smallest absolute Gasteiger partial charge is 0.239 e. The van der Waals surface area contributed by atoms with Crippen LogP contribution in [0.25, 0.3) is 22.4 Å². The van der Waals surface area contributed by atoms with Crippen LogP contribution >= 0.6 is 11.3 Å². The number of carbonyl (C=O) groups excluding carboxylic acids is 1. The SMILES string of the molecule is NCC(=O)Nc1nc(-c2cccc(-c3ccncc3)c2)cs1. The van der Waals surface area contributed by atoms with Crippen LogP contribution in [0.2, 0.25) is 0 Å². The Hall–Kier alpha value is -2.57. The number of rotatable bonds is 4. The molecule has 2 heterocycles. The Morgan fingerprint density at radius 3 is 2.68 bits per heavy atom. The Morgan fingerprint density at radius 2 is 1.91 bits per heavy atom. The van der Waals surface area contributed by atoms with Crippen molar-refractivity contribution in [2.45, 2.75) is 0 Å². The second-order valence-electron chi connectivity index (χ2n) is 4.61. The lowest BCUT2D eigenvalue weighted by Crippen LogP contribution is -2.21. The van der Waals surface area contributed by atoms with Gasteiger partial charge in [0.2, 0.25) is 5.91 Å². The molecule has 0 aliphatic heterocycles. The van der Waals surface area contributed by atoms with E-state index in [1.165, 1.54) is 11.3 Å². The van der Waals surface area contributed by atoms with Gasteiger partial charge in [-0.15, -0.1) is 11.3 Å². The van der Waals surface area contributed by atoms with E-state index in [1.54, 1.807) is 12.4 Å². The number of thiazole rings is 1. The number of amides is 1. The van der Waals surface area contributed by atoms with Crippen molar-refractivity contribution in [2.75, 3.05) is 11.9 Å². The molecule has 3 N–H and O–H groups in total. The van der Waals surface area contributed by atoms with Crippen molar-refractivity contribution in [2.24, 2.45) is 5.73 Å². The number of nitrogens with zero attached hydrogens (tertiary/aromatic N) is 2. The number of benzene rings is 1. The molecule has 0 atom stereocenters. The number of hydrogen-bond acceptors (Lipinski definition) is 5. The first-order valence-electron chi connectivity index (χ1n) is 6.72. The number of aromatic nitrogens is 2. The largest absolute Gasteiger partial charge is 0.322 e. The maximum atomic E-state index is 11.3. The Labute approximate surface area is 131 Å². The molecule has 5 nitrogen and oxygen atoms in total. The van der Waals surface area contributed by atoms with Crippen LogP contribution in [-0.2, 0) is 4.79 Å². The number of nitrogens with one attached hydrogen (secondary N) is 1. The van der Waals surface area contributed by atoms with Crippen LogP contribution in [0.1, 0.15) is 0 Å². The predicted octanol–water partition coefficient (Wildman–Crippen LogP) is 2.77. The van der Waals surface area contributed by atoms with Gasteiger partial charge in [0, 0.05) is 23.3 Å². The highest BCUT2D eigenvalue weighted by Gasteiger charge is 2.08. The van der Waals surface area contributed by atoms with Gasteiger partial charge in [0.25, 0.3) is 0 Å². The summed E-state index contributed by atoms with van der Waals surface area (Å²) in [6.07, 6.45) is 3.54. The van der Waals surface area contributed by atoms with Crippen LogP contribution in [0, 0.1) is 0 Å². The zero-order chi connectivity index (χ0) is 15.4. The van der Waals surface area contributed by atoms with E-state index >= 15 is 0 Å². The van der Waals surface area contributed by atoms with Gasteiger partial charge in [-0.05, 0) is 29.3 Å². The van der Waals surface area contributed by atoms with Crippen LogP contribution in [-0.4, -0.2) is 22.4 Å². The van der Waals surface area contributed by atoms with Crippen LogP contribution in [0.15, 0.2) is 54.2 Å². The van der Waals surface area contributed by atoms with Gasteiger partial charge in [0.1, 0.15) is 0 Å². The first-order chi connectivity index (χ1) is 10.8. The molecule has 0 radical (unpaired) electrons. The summed E-state index contributed by atoms with van der Waals surface area (Å²) in [4.78, 5) is 19.7. The summed E-state index contributed by atoms with van der Waals surface area (Å²) in [6, 6.07) is 12.0. The van der Waals surface area contributed by atoms with Gasteiger partial charge in [-0.2, -0.15) is 0 Å². The monoisotopic (exact) mass is 310 g/mol. The highest BCUT2D eigenvalue weighted by molar-refractivity contribution is 7.14. The quantitative estimate of drug-likeness (QED) is 0.776. The van der Waals surface area contributed by atoms with Crippen molar-refractivity contribution < 1.29 is 4.79 Å². The third-order valence-corrected chi connectivity index (χ3v) is 3.87. The molecular formula is C16H14N4OS. The Morgan fingerprint density at radius 1 is 1.14 bits per heavy atom. The van der Waals surface area contributed by atoms with Crippen molar-refractivity contribution in [3.05, 3.63) is 54.2 Å². The number of anilines is 1.